The summed E-state index contributed by atoms with van der Waals surface area (Å²) in [5.41, 5.74) is 2.89. The molecule has 0 aliphatic carbocycles. The lowest BCUT2D eigenvalue weighted by Crippen LogP contribution is -2.15. The summed E-state index contributed by atoms with van der Waals surface area (Å²) in [7, 11) is 0. The molecule has 0 radical (unpaired) electrons. The number of Topliss-reactive ketones (excluding diaryl/α,β-unsaturated/α-hetero) is 1. The second kappa shape index (κ2) is 13.6. The van der Waals surface area contributed by atoms with Crippen molar-refractivity contribution in [3.63, 3.8) is 0 Å². The molecule has 1 nitrogen and oxygen atoms in total. The van der Waals surface area contributed by atoms with E-state index in [9.17, 15) is 4.79 Å². The summed E-state index contributed by atoms with van der Waals surface area (Å²) in [6.07, 6.45) is 14.0. The highest BCUT2D eigenvalue weighted by molar-refractivity contribution is 7.81. The minimum Gasteiger partial charge on any atom is -0.293 e. The molecule has 1 atom stereocenters. The van der Waals surface area contributed by atoms with Crippen molar-refractivity contribution in [2.75, 3.05) is 0 Å². The maximum Gasteiger partial charge on any atom is 0.176 e. The Morgan fingerprint density at radius 2 is 1.29 bits per heavy atom. The van der Waals surface area contributed by atoms with Crippen LogP contribution in [0.5, 0.6) is 0 Å². The van der Waals surface area contributed by atoms with E-state index in [4.69, 9.17) is 0 Å². The van der Waals surface area contributed by atoms with Gasteiger partial charge in [-0.2, -0.15) is 12.6 Å². The van der Waals surface area contributed by atoms with Crippen molar-refractivity contribution in [2.45, 2.75) is 82.8 Å². The average Bonchev–Trinajstić information content (AvgIpc) is 2.75. The lowest BCUT2D eigenvalue weighted by Gasteiger charge is -2.13. The van der Waals surface area contributed by atoms with E-state index < -0.39 is 0 Å². The van der Waals surface area contributed by atoms with Gasteiger partial charge < -0.3 is 0 Å². The standard InChI is InChI=1S/C26H36OS/c1-2-3-4-5-6-7-8-9-10-14-21-25(28)26(27)24-20-16-15-19-23(24)22-17-12-11-13-18-22/h11-13,15-20,25,28H,2-10,14,21H2,1H3. The number of hydrogen-bond donors (Lipinski definition) is 1. The third kappa shape index (κ3) is 7.83. The maximum atomic E-state index is 13.0. The third-order valence-corrected chi connectivity index (χ3v) is 5.90. The molecule has 0 aliphatic rings. The molecular weight excluding hydrogens is 360 g/mol. The van der Waals surface area contributed by atoms with E-state index >= 15 is 0 Å². The third-order valence-electron chi connectivity index (χ3n) is 5.41. The zero-order valence-corrected chi connectivity index (χ0v) is 18.3. The Morgan fingerprint density at radius 3 is 1.93 bits per heavy atom. The minimum absolute atomic E-state index is 0.152. The fourth-order valence-electron chi connectivity index (χ4n) is 3.70. The van der Waals surface area contributed by atoms with Crippen molar-refractivity contribution >= 4 is 18.4 Å². The van der Waals surface area contributed by atoms with Gasteiger partial charge in [0.15, 0.2) is 5.78 Å². The molecule has 2 aromatic carbocycles. The van der Waals surface area contributed by atoms with E-state index in [-0.39, 0.29) is 11.0 Å². The van der Waals surface area contributed by atoms with Crippen LogP contribution >= 0.6 is 12.6 Å². The molecule has 2 aromatic rings. The first kappa shape index (κ1) is 22.7. The number of rotatable bonds is 14. The van der Waals surface area contributed by atoms with E-state index in [1.807, 2.05) is 42.5 Å². The van der Waals surface area contributed by atoms with E-state index in [2.05, 4.69) is 31.7 Å². The van der Waals surface area contributed by atoms with Gasteiger partial charge in [0.05, 0.1) is 5.25 Å². The molecule has 0 aliphatic heterocycles. The van der Waals surface area contributed by atoms with Crippen LogP contribution < -0.4 is 0 Å². The highest BCUT2D eigenvalue weighted by Crippen LogP contribution is 2.26. The first-order chi connectivity index (χ1) is 13.7. The van der Waals surface area contributed by atoms with Crippen LogP contribution in [0.25, 0.3) is 11.1 Å². The molecule has 0 spiro atoms. The topological polar surface area (TPSA) is 17.1 Å². The zero-order valence-electron chi connectivity index (χ0n) is 17.4. The minimum atomic E-state index is -0.209. The van der Waals surface area contributed by atoms with Crippen molar-refractivity contribution in [3.8, 4) is 11.1 Å². The first-order valence-electron chi connectivity index (χ1n) is 11.1. The Labute approximate surface area is 177 Å². The van der Waals surface area contributed by atoms with Gasteiger partial charge in [-0.1, -0.05) is 126 Å². The van der Waals surface area contributed by atoms with Crippen LogP contribution in [0.2, 0.25) is 0 Å². The van der Waals surface area contributed by atoms with Crippen LogP contribution in [0.3, 0.4) is 0 Å². The maximum absolute atomic E-state index is 13.0. The quantitative estimate of drug-likeness (QED) is 0.194. The number of carbonyl (C=O) groups excluding carboxylic acids is 1. The summed E-state index contributed by atoms with van der Waals surface area (Å²) in [6.45, 7) is 2.26. The molecule has 0 aromatic heterocycles. The van der Waals surface area contributed by atoms with Crippen molar-refractivity contribution in [1.29, 1.82) is 0 Å². The number of carbonyl (C=O) groups is 1. The molecular formula is C26H36OS. The predicted molar refractivity (Wildman–Crippen MR) is 125 cm³/mol. The molecule has 152 valence electrons. The molecule has 0 saturated heterocycles. The number of hydrogen-bond acceptors (Lipinski definition) is 2. The van der Waals surface area contributed by atoms with Gasteiger partial charge in [0.2, 0.25) is 0 Å². The van der Waals surface area contributed by atoms with Gasteiger partial charge in [0.1, 0.15) is 0 Å². The fourth-order valence-corrected chi connectivity index (χ4v) is 4.02. The van der Waals surface area contributed by atoms with Gasteiger partial charge in [-0.3, -0.25) is 4.79 Å². The summed E-state index contributed by atoms with van der Waals surface area (Å²) in [5, 5.41) is -0.209. The molecule has 0 N–H and O–H groups in total. The highest BCUT2D eigenvalue weighted by atomic mass is 32.1. The Hall–Kier alpha value is -1.54. The summed E-state index contributed by atoms with van der Waals surface area (Å²) < 4.78 is 0. The molecule has 1 unspecified atom stereocenters. The Balaban J connectivity index is 1.72. The largest absolute Gasteiger partial charge is 0.293 e. The molecule has 0 fully saturated rings. The van der Waals surface area contributed by atoms with E-state index in [0.717, 1.165) is 29.5 Å². The molecule has 28 heavy (non-hydrogen) atoms. The molecule has 2 heteroatoms. The molecule has 0 saturated carbocycles. The Morgan fingerprint density at radius 1 is 0.750 bits per heavy atom. The average molecular weight is 397 g/mol. The highest BCUT2D eigenvalue weighted by Gasteiger charge is 2.19. The Kier molecular flexibility index (Phi) is 11.1. The van der Waals surface area contributed by atoms with Gasteiger partial charge in [-0.25, -0.2) is 0 Å². The van der Waals surface area contributed by atoms with Crippen LogP contribution in [0.4, 0.5) is 0 Å². The van der Waals surface area contributed by atoms with Crippen LogP contribution in [0.15, 0.2) is 54.6 Å². The molecule has 0 amide bonds. The first-order valence-corrected chi connectivity index (χ1v) is 11.6. The smallest absolute Gasteiger partial charge is 0.176 e. The van der Waals surface area contributed by atoms with Crippen LogP contribution in [-0.2, 0) is 0 Å². The van der Waals surface area contributed by atoms with E-state index in [0.29, 0.717) is 0 Å². The number of ketones is 1. The second-order valence-electron chi connectivity index (χ2n) is 7.76. The van der Waals surface area contributed by atoms with Crippen LogP contribution in [0, 0.1) is 0 Å². The lowest BCUT2D eigenvalue weighted by atomic mass is 9.94. The monoisotopic (exact) mass is 396 g/mol. The lowest BCUT2D eigenvalue weighted by molar-refractivity contribution is 0.0987. The summed E-state index contributed by atoms with van der Waals surface area (Å²) in [6, 6.07) is 18.0. The summed E-state index contributed by atoms with van der Waals surface area (Å²) >= 11 is 4.64. The SMILES string of the molecule is CCCCCCCCCCCCC(S)C(=O)c1ccccc1-c1ccccc1. The normalized spacial score (nSPS) is 12.1. The molecule has 0 heterocycles. The predicted octanol–water partition coefficient (Wildman–Crippen LogP) is 8.15. The number of thiol groups is 1. The molecule has 2 rings (SSSR count). The summed E-state index contributed by atoms with van der Waals surface area (Å²) in [5.74, 6) is 0.152. The van der Waals surface area contributed by atoms with Crippen molar-refractivity contribution in [1.82, 2.24) is 0 Å². The van der Waals surface area contributed by atoms with Gasteiger partial charge >= 0.3 is 0 Å². The van der Waals surface area contributed by atoms with E-state index in [1.54, 1.807) is 0 Å². The number of unbranched alkanes of at least 4 members (excludes halogenated alkanes) is 9. The summed E-state index contributed by atoms with van der Waals surface area (Å²) in [4.78, 5) is 13.0. The van der Waals surface area contributed by atoms with Gasteiger partial charge in [0, 0.05) is 5.56 Å². The van der Waals surface area contributed by atoms with Crippen LogP contribution in [0.1, 0.15) is 87.9 Å². The van der Waals surface area contributed by atoms with Crippen molar-refractivity contribution < 1.29 is 4.79 Å². The zero-order chi connectivity index (χ0) is 20.0. The number of benzene rings is 2. The van der Waals surface area contributed by atoms with Crippen molar-refractivity contribution in [2.24, 2.45) is 0 Å². The van der Waals surface area contributed by atoms with Gasteiger partial charge in [0.25, 0.3) is 0 Å². The second-order valence-corrected chi connectivity index (χ2v) is 8.39. The van der Waals surface area contributed by atoms with Crippen molar-refractivity contribution in [3.05, 3.63) is 60.2 Å². The van der Waals surface area contributed by atoms with E-state index in [1.165, 1.54) is 57.8 Å². The van der Waals surface area contributed by atoms with Gasteiger partial charge in [-0.05, 0) is 17.5 Å². The van der Waals surface area contributed by atoms with Crippen LogP contribution in [-0.4, -0.2) is 11.0 Å². The van der Waals surface area contributed by atoms with Gasteiger partial charge in [-0.15, -0.1) is 0 Å². The Bertz CT molecular complexity index is 680. The molecule has 0 bridgehead atoms. The fraction of sp³-hybridized carbons (Fsp3) is 0.500.